The molecule has 4 aromatic rings. The van der Waals surface area contributed by atoms with Crippen molar-refractivity contribution in [2.75, 3.05) is 6.54 Å². The fourth-order valence-electron chi connectivity index (χ4n) is 5.20. The Bertz CT molecular complexity index is 1400. The van der Waals surface area contributed by atoms with Crippen LogP contribution in [0.4, 0.5) is 0 Å². The maximum absolute atomic E-state index is 9.63. The number of aromatic nitrogens is 6. The van der Waals surface area contributed by atoms with Gasteiger partial charge in [0.2, 0.25) is 5.88 Å². The summed E-state index contributed by atoms with van der Waals surface area (Å²) in [5.74, 6) is 1.34. The van der Waals surface area contributed by atoms with Gasteiger partial charge in [-0.15, -0.1) is 17.5 Å². The Hall–Kier alpha value is -3.48. The van der Waals surface area contributed by atoms with Crippen LogP contribution in [0.1, 0.15) is 61.8 Å². The highest BCUT2D eigenvalue weighted by atomic mass is 35.5. The molecule has 0 radical (unpaired) electrons. The predicted molar refractivity (Wildman–Crippen MR) is 137 cm³/mol. The van der Waals surface area contributed by atoms with Crippen molar-refractivity contribution in [1.82, 2.24) is 34.7 Å². The third-order valence-electron chi connectivity index (χ3n) is 7.24. The van der Waals surface area contributed by atoms with E-state index in [-0.39, 0.29) is 18.5 Å². The first-order valence-corrected chi connectivity index (χ1v) is 12.3. The van der Waals surface area contributed by atoms with Gasteiger partial charge in [0.05, 0.1) is 23.6 Å². The lowest BCUT2D eigenvalue weighted by atomic mass is 9.96. The summed E-state index contributed by atoms with van der Waals surface area (Å²) in [7, 11) is 0. The van der Waals surface area contributed by atoms with Crippen LogP contribution in [0.25, 0.3) is 16.9 Å². The molecular formula is C26H29ClN8O. The summed E-state index contributed by atoms with van der Waals surface area (Å²) in [6.45, 7) is 5.04. The van der Waals surface area contributed by atoms with Crippen LogP contribution in [-0.2, 0) is 0 Å². The minimum Gasteiger partial charge on any atom is -0.469 e. The van der Waals surface area contributed by atoms with E-state index < -0.39 is 0 Å². The number of pyridine rings is 2. The number of nitriles is 1. The third-order valence-corrected chi connectivity index (χ3v) is 7.24. The summed E-state index contributed by atoms with van der Waals surface area (Å²) < 4.78 is 10.2. The summed E-state index contributed by atoms with van der Waals surface area (Å²) >= 11 is 0. The fourth-order valence-corrected chi connectivity index (χ4v) is 5.20. The largest absolute Gasteiger partial charge is 0.469 e. The highest BCUT2D eigenvalue weighted by Gasteiger charge is 2.36. The number of rotatable bonds is 6. The topological polar surface area (TPSA) is 106 Å². The Labute approximate surface area is 215 Å². The first kappa shape index (κ1) is 24.2. The Morgan fingerprint density at radius 1 is 1.19 bits per heavy atom. The molecule has 0 amide bonds. The summed E-state index contributed by atoms with van der Waals surface area (Å²) in [4.78, 5) is 8.87. The number of imidazole rings is 1. The van der Waals surface area contributed by atoms with Crippen molar-refractivity contribution in [3.8, 4) is 23.2 Å². The summed E-state index contributed by atoms with van der Waals surface area (Å²) in [6.07, 6.45) is 7.81. The second kappa shape index (κ2) is 9.88. The van der Waals surface area contributed by atoms with E-state index in [0.29, 0.717) is 29.3 Å². The van der Waals surface area contributed by atoms with Gasteiger partial charge in [-0.2, -0.15) is 5.26 Å². The molecule has 1 N–H and O–H groups in total. The molecule has 5 heterocycles. The van der Waals surface area contributed by atoms with E-state index in [1.165, 1.54) is 12.8 Å². The fraction of sp³-hybridized carbons (Fsp3) is 0.423. The molecule has 10 heteroatoms. The normalized spacial score (nSPS) is 20.5. The number of hydrogen-bond donors (Lipinski definition) is 1. The van der Waals surface area contributed by atoms with E-state index >= 15 is 0 Å². The predicted octanol–water partition coefficient (Wildman–Crippen LogP) is 4.43. The zero-order chi connectivity index (χ0) is 23.9. The zero-order valence-electron chi connectivity index (χ0n) is 20.3. The molecule has 1 aliphatic heterocycles. The van der Waals surface area contributed by atoms with Gasteiger partial charge in [0.25, 0.3) is 0 Å². The number of nitrogens with zero attached hydrogens (tertiary/aromatic N) is 7. The summed E-state index contributed by atoms with van der Waals surface area (Å²) in [6, 6.07) is 12.7. The van der Waals surface area contributed by atoms with Gasteiger partial charge in [0.1, 0.15) is 29.2 Å². The lowest BCUT2D eigenvalue weighted by molar-refractivity contribution is 0.210. The third kappa shape index (κ3) is 4.43. The van der Waals surface area contributed by atoms with Gasteiger partial charge < -0.3 is 10.1 Å². The van der Waals surface area contributed by atoms with Crippen LogP contribution in [-0.4, -0.2) is 41.9 Å². The number of nitrogens with one attached hydrogen (secondary N) is 1. The van der Waals surface area contributed by atoms with E-state index in [1.54, 1.807) is 16.8 Å². The van der Waals surface area contributed by atoms with E-state index in [4.69, 9.17) is 4.74 Å². The number of halogens is 1. The maximum Gasteiger partial charge on any atom is 0.201 e. The molecule has 1 aliphatic carbocycles. The molecule has 2 fully saturated rings. The Balaban J connectivity index is 0.00000267. The zero-order valence-corrected chi connectivity index (χ0v) is 21.1. The van der Waals surface area contributed by atoms with Gasteiger partial charge in [0.15, 0.2) is 0 Å². The minimum atomic E-state index is -0.311. The van der Waals surface area contributed by atoms with E-state index in [9.17, 15) is 5.26 Å². The lowest BCUT2D eigenvalue weighted by Crippen LogP contribution is -2.40. The van der Waals surface area contributed by atoms with Crippen molar-refractivity contribution in [3.63, 3.8) is 0 Å². The van der Waals surface area contributed by atoms with Crippen LogP contribution in [0, 0.1) is 24.2 Å². The molecule has 2 aliphatic rings. The van der Waals surface area contributed by atoms with Gasteiger partial charge in [-0.05, 0) is 70.2 Å². The van der Waals surface area contributed by atoms with Crippen molar-refractivity contribution in [2.45, 2.75) is 57.7 Å². The van der Waals surface area contributed by atoms with Gasteiger partial charge in [-0.1, -0.05) is 11.3 Å². The van der Waals surface area contributed by atoms with Crippen molar-refractivity contribution in [1.29, 1.82) is 5.26 Å². The molecule has 0 aromatic carbocycles. The molecule has 186 valence electrons. The highest BCUT2D eigenvalue weighted by Crippen LogP contribution is 2.39. The van der Waals surface area contributed by atoms with Gasteiger partial charge >= 0.3 is 0 Å². The van der Waals surface area contributed by atoms with Gasteiger partial charge in [0, 0.05) is 23.9 Å². The smallest absolute Gasteiger partial charge is 0.201 e. The van der Waals surface area contributed by atoms with Crippen LogP contribution < -0.4 is 10.1 Å². The molecule has 0 unspecified atom stereocenters. The molecular weight excluding hydrogens is 476 g/mol. The number of piperidine rings is 1. The van der Waals surface area contributed by atoms with Crippen LogP contribution >= 0.6 is 12.4 Å². The quantitative estimate of drug-likeness (QED) is 0.414. The SMILES string of the molecule is Cc1c(-c2cc(O[C@H](C)c3ccccn3)n3c(C#N)cnc3c2)nnn1[C@@H]1CCN[C@H](C2CC2)C1.Cl. The van der Waals surface area contributed by atoms with Gasteiger partial charge in [-0.25, -0.2) is 9.67 Å². The Morgan fingerprint density at radius 3 is 2.81 bits per heavy atom. The lowest BCUT2D eigenvalue weighted by Gasteiger charge is -2.31. The molecule has 0 bridgehead atoms. The first-order chi connectivity index (χ1) is 17.1. The second-order valence-electron chi connectivity index (χ2n) is 9.59. The Morgan fingerprint density at radius 2 is 2.06 bits per heavy atom. The van der Waals surface area contributed by atoms with Gasteiger partial charge in [-0.3, -0.25) is 9.38 Å². The highest BCUT2D eigenvalue weighted by molar-refractivity contribution is 5.85. The molecule has 4 aromatic heterocycles. The van der Waals surface area contributed by atoms with E-state index in [2.05, 4.69) is 43.3 Å². The van der Waals surface area contributed by atoms with E-state index in [0.717, 1.165) is 47.9 Å². The standard InChI is InChI=1S/C26H28N8O.ClH/c1-16-26(31-32-34(16)20-8-10-29-23(13-20)18-6-7-18)19-11-24-30-15-21(14-27)33(24)25(12-19)35-17(2)22-5-3-4-9-28-22;/h3-5,9,11-12,15,17-18,20,23,29H,6-8,10,13H2,1-2H3;1H/t17-,20-,23+;/m1./s1. The van der Waals surface area contributed by atoms with Crippen molar-refractivity contribution in [3.05, 3.63) is 59.8 Å². The molecule has 1 saturated carbocycles. The molecule has 9 nitrogen and oxygen atoms in total. The average Bonchev–Trinajstić information content (AvgIpc) is 3.55. The number of fused-ring (bicyclic) bond motifs is 1. The first-order valence-electron chi connectivity index (χ1n) is 12.3. The molecule has 1 saturated heterocycles. The van der Waals surface area contributed by atoms with Crippen molar-refractivity contribution in [2.24, 2.45) is 5.92 Å². The number of hydrogen-bond acceptors (Lipinski definition) is 7. The van der Waals surface area contributed by atoms with Crippen molar-refractivity contribution < 1.29 is 4.74 Å². The molecule has 36 heavy (non-hydrogen) atoms. The monoisotopic (exact) mass is 504 g/mol. The number of ether oxygens (including phenoxy) is 1. The van der Waals surface area contributed by atoms with Crippen LogP contribution in [0.3, 0.4) is 0 Å². The maximum atomic E-state index is 9.63. The Kier molecular flexibility index (Phi) is 6.65. The van der Waals surface area contributed by atoms with Crippen molar-refractivity contribution >= 4 is 18.1 Å². The summed E-state index contributed by atoms with van der Waals surface area (Å²) in [5, 5.41) is 22.5. The summed E-state index contributed by atoms with van der Waals surface area (Å²) in [5.41, 5.74) is 4.57. The molecule has 6 rings (SSSR count). The van der Waals surface area contributed by atoms with Crippen LogP contribution in [0.15, 0.2) is 42.7 Å². The van der Waals surface area contributed by atoms with Crippen LogP contribution in [0.5, 0.6) is 5.88 Å². The van der Waals surface area contributed by atoms with E-state index in [1.807, 2.05) is 37.3 Å². The second-order valence-corrected chi connectivity index (χ2v) is 9.59. The molecule has 3 atom stereocenters. The minimum absolute atomic E-state index is 0. The van der Waals surface area contributed by atoms with Crippen LogP contribution in [0.2, 0.25) is 0 Å². The average molecular weight is 505 g/mol. The molecule has 0 spiro atoms.